The van der Waals surface area contributed by atoms with Gasteiger partial charge in [-0.05, 0) is 32.3 Å². The minimum Gasteiger partial charge on any atom is -0.319 e. The maximum Gasteiger partial charge on any atom is 0.158 e. The summed E-state index contributed by atoms with van der Waals surface area (Å²) in [5.41, 5.74) is 6.42. The molecule has 1 aliphatic rings. The Kier molecular flexibility index (Phi) is 3.85. The number of aromatic nitrogens is 2. The summed E-state index contributed by atoms with van der Waals surface area (Å²) in [5, 5.41) is 4.46. The van der Waals surface area contributed by atoms with Gasteiger partial charge < -0.3 is 5.73 Å². The Morgan fingerprint density at radius 2 is 2.22 bits per heavy atom. The molecule has 1 fully saturated rings. The lowest BCUT2D eigenvalue weighted by Crippen LogP contribution is -2.46. The normalized spacial score (nSPS) is 19.9. The van der Waals surface area contributed by atoms with Crippen molar-refractivity contribution in [1.82, 2.24) is 9.78 Å². The number of nitrogens with zero attached hydrogens (tertiary/aromatic N) is 2. The number of rotatable bonds is 5. The highest BCUT2D eigenvalue weighted by Gasteiger charge is 2.36. The van der Waals surface area contributed by atoms with Crippen LogP contribution in [-0.4, -0.2) is 21.1 Å². The molecule has 4 nitrogen and oxygen atoms in total. The molecule has 1 unspecified atom stereocenters. The van der Waals surface area contributed by atoms with Crippen LogP contribution in [0, 0.1) is 0 Å². The van der Waals surface area contributed by atoms with E-state index in [1.165, 1.54) is 0 Å². The highest BCUT2D eigenvalue weighted by Crippen LogP contribution is 2.28. The van der Waals surface area contributed by atoms with Gasteiger partial charge in [-0.1, -0.05) is 19.8 Å². The highest BCUT2D eigenvalue weighted by molar-refractivity contribution is 5.89. The van der Waals surface area contributed by atoms with E-state index in [1.54, 1.807) is 0 Å². The zero-order chi connectivity index (χ0) is 13.2. The van der Waals surface area contributed by atoms with Gasteiger partial charge in [-0.25, -0.2) is 0 Å². The summed E-state index contributed by atoms with van der Waals surface area (Å²) >= 11 is 0. The van der Waals surface area contributed by atoms with Gasteiger partial charge in [-0.2, -0.15) is 5.10 Å². The summed E-state index contributed by atoms with van der Waals surface area (Å²) in [7, 11) is 0. The van der Waals surface area contributed by atoms with Crippen LogP contribution in [0.3, 0.4) is 0 Å². The SMILES string of the molecule is CCC(C)n1ccc(CC(=O)C2(N)CCCC2)n1. The Hall–Kier alpha value is -1.16. The summed E-state index contributed by atoms with van der Waals surface area (Å²) in [5.74, 6) is 0.148. The average Bonchev–Trinajstić information content (AvgIpc) is 2.98. The molecule has 0 saturated heterocycles. The number of Topliss-reactive ketones (excluding diaryl/α,β-unsaturated/α-hetero) is 1. The van der Waals surface area contributed by atoms with E-state index >= 15 is 0 Å². The fraction of sp³-hybridized carbons (Fsp3) is 0.714. The highest BCUT2D eigenvalue weighted by atomic mass is 16.1. The van der Waals surface area contributed by atoms with Crippen LogP contribution in [0.2, 0.25) is 0 Å². The third-order valence-corrected chi connectivity index (χ3v) is 4.10. The smallest absolute Gasteiger partial charge is 0.158 e. The van der Waals surface area contributed by atoms with E-state index in [0.717, 1.165) is 37.8 Å². The van der Waals surface area contributed by atoms with E-state index in [-0.39, 0.29) is 5.78 Å². The van der Waals surface area contributed by atoms with Gasteiger partial charge in [0, 0.05) is 12.2 Å². The zero-order valence-electron chi connectivity index (χ0n) is 11.4. The summed E-state index contributed by atoms with van der Waals surface area (Å²) in [6, 6.07) is 2.31. The van der Waals surface area contributed by atoms with Crippen molar-refractivity contribution in [2.24, 2.45) is 5.73 Å². The maximum absolute atomic E-state index is 12.2. The van der Waals surface area contributed by atoms with Crippen LogP contribution < -0.4 is 5.73 Å². The second-order valence-electron chi connectivity index (χ2n) is 5.51. The maximum atomic E-state index is 12.2. The summed E-state index contributed by atoms with van der Waals surface area (Å²) in [6.45, 7) is 4.25. The Bertz CT molecular complexity index is 418. The van der Waals surface area contributed by atoms with E-state index in [0.29, 0.717) is 12.5 Å². The summed E-state index contributed by atoms with van der Waals surface area (Å²) < 4.78 is 1.93. The van der Waals surface area contributed by atoms with Crippen LogP contribution >= 0.6 is 0 Å². The molecule has 0 bridgehead atoms. The van der Waals surface area contributed by atoms with E-state index in [1.807, 2.05) is 16.9 Å². The lowest BCUT2D eigenvalue weighted by atomic mass is 9.91. The van der Waals surface area contributed by atoms with Gasteiger partial charge in [0.1, 0.15) is 0 Å². The van der Waals surface area contributed by atoms with Gasteiger partial charge in [0.15, 0.2) is 5.78 Å². The second-order valence-corrected chi connectivity index (χ2v) is 5.51. The molecule has 0 amide bonds. The van der Waals surface area contributed by atoms with Gasteiger partial charge in [0.2, 0.25) is 0 Å². The van der Waals surface area contributed by atoms with Gasteiger partial charge in [0.25, 0.3) is 0 Å². The van der Waals surface area contributed by atoms with Gasteiger partial charge in [-0.15, -0.1) is 0 Å². The molecular formula is C14H23N3O. The number of nitrogens with two attached hydrogens (primary N) is 1. The van der Waals surface area contributed by atoms with Crippen LogP contribution in [0.15, 0.2) is 12.3 Å². The van der Waals surface area contributed by atoms with E-state index in [2.05, 4.69) is 18.9 Å². The van der Waals surface area contributed by atoms with Crippen LogP contribution in [-0.2, 0) is 11.2 Å². The first-order valence-corrected chi connectivity index (χ1v) is 6.91. The second kappa shape index (κ2) is 5.22. The minimum absolute atomic E-state index is 0.148. The van der Waals surface area contributed by atoms with Gasteiger partial charge in [0.05, 0.1) is 17.7 Å². The van der Waals surface area contributed by atoms with E-state index < -0.39 is 5.54 Å². The molecule has 1 aliphatic carbocycles. The largest absolute Gasteiger partial charge is 0.319 e. The third kappa shape index (κ3) is 2.64. The topological polar surface area (TPSA) is 60.9 Å². The number of hydrogen-bond acceptors (Lipinski definition) is 3. The molecule has 4 heteroatoms. The fourth-order valence-electron chi connectivity index (χ4n) is 2.53. The average molecular weight is 249 g/mol. The summed E-state index contributed by atoms with van der Waals surface area (Å²) in [6.07, 6.45) is 7.17. The number of carbonyl (C=O) groups is 1. The lowest BCUT2D eigenvalue weighted by molar-refractivity contribution is -0.123. The zero-order valence-corrected chi connectivity index (χ0v) is 11.4. The van der Waals surface area contributed by atoms with E-state index in [4.69, 9.17) is 5.73 Å². The molecule has 2 N–H and O–H groups in total. The molecule has 0 radical (unpaired) electrons. The van der Waals surface area contributed by atoms with Crippen molar-refractivity contribution in [1.29, 1.82) is 0 Å². The first-order chi connectivity index (χ1) is 8.55. The Morgan fingerprint density at radius 3 is 2.83 bits per heavy atom. The van der Waals surface area contributed by atoms with Crippen molar-refractivity contribution >= 4 is 5.78 Å². The molecule has 1 heterocycles. The monoisotopic (exact) mass is 249 g/mol. The van der Waals surface area contributed by atoms with Gasteiger partial charge >= 0.3 is 0 Å². The van der Waals surface area contributed by atoms with Crippen molar-refractivity contribution in [2.75, 3.05) is 0 Å². The van der Waals surface area contributed by atoms with Crippen LogP contribution in [0.5, 0.6) is 0 Å². The fourth-order valence-corrected chi connectivity index (χ4v) is 2.53. The molecule has 1 aromatic heterocycles. The predicted octanol–water partition coefficient (Wildman–Crippen LogP) is 2.24. The number of ketones is 1. The molecule has 2 rings (SSSR count). The van der Waals surface area contributed by atoms with Crippen LogP contribution in [0.4, 0.5) is 0 Å². The van der Waals surface area contributed by atoms with Crippen molar-refractivity contribution in [2.45, 2.75) is 64.0 Å². The molecular weight excluding hydrogens is 226 g/mol. The Morgan fingerprint density at radius 1 is 1.56 bits per heavy atom. The van der Waals surface area contributed by atoms with Crippen molar-refractivity contribution in [3.63, 3.8) is 0 Å². The molecule has 0 aliphatic heterocycles. The van der Waals surface area contributed by atoms with Crippen molar-refractivity contribution in [3.05, 3.63) is 18.0 Å². The van der Waals surface area contributed by atoms with Crippen LogP contribution in [0.25, 0.3) is 0 Å². The van der Waals surface area contributed by atoms with Crippen LogP contribution in [0.1, 0.15) is 57.7 Å². The van der Waals surface area contributed by atoms with Crippen molar-refractivity contribution in [3.8, 4) is 0 Å². The molecule has 18 heavy (non-hydrogen) atoms. The summed E-state index contributed by atoms with van der Waals surface area (Å²) in [4.78, 5) is 12.2. The molecule has 1 aromatic rings. The first kappa shape index (κ1) is 13.3. The molecule has 0 aromatic carbocycles. The van der Waals surface area contributed by atoms with Gasteiger partial charge in [-0.3, -0.25) is 9.48 Å². The molecule has 1 saturated carbocycles. The third-order valence-electron chi connectivity index (χ3n) is 4.10. The minimum atomic E-state index is -0.583. The lowest BCUT2D eigenvalue weighted by Gasteiger charge is -2.21. The standard InChI is InChI=1S/C14H23N3O/c1-3-11(2)17-9-6-12(16-17)10-13(18)14(15)7-4-5-8-14/h6,9,11H,3-5,7-8,10,15H2,1-2H3. The molecule has 0 spiro atoms. The first-order valence-electron chi connectivity index (χ1n) is 6.91. The van der Waals surface area contributed by atoms with E-state index in [9.17, 15) is 4.79 Å². The quantitative estimate of drug-likeness (QED) is 0.870. The Labute approximate surface area is 109 Å². The predicted molar refractivity (Wildman–Crippen MR) is 71.3 cm³/mol. The molecule has 100 valence electrons. The molecule has 1 atom stereocenters. The number of hydrogen-bond donors (Lipinski definition) is 1. The van der Waals surface area contributed by atoms with Crippen molar-refractivity contribution < 1.29 is 4.79 Å². The Balaban J connectivity index is 2.01. The number of carbonyl (C=O) groups excluding carboxylic acids is 1.